The van der Waals surface area contributed by atoms with Crippen LogP contribution in [0.15, 0.2) is 43.5 Å². The quantitative estimate of drug-likeness (QED) is 0.394. The Morgan fingerprint density at radius 2 is 1.42 bits per heavy atom. The Morgan fingerprint density at radius 1 is 0.947 bits per heavy atom. The van der Waals surface area contributed by atoms with Gasteiger partial charge >= 0.3 is 0 Å². The molecule has 0 aliphatic rings. The van der Waals surface area contributed by atoms with Crippen LogP contribution in [0.3, 0.4) is 0 Å². The fraction of sp³-hybridized carbons (Fsp3) is 0.375. The predicted molar refractivity (Wildman–Crippen MR) is 80.7 cm³/mol. The minimum absolute atomic E-state index is 0.569. The summed E-state index contributed by atoms with van der Waals surface area (Å²) in [5.41, 5.74) is 6.59. The number of ether oxygens (including phenoxy) is 2. The van der Waals surface area contributed by atoms with E-state index in [1.807, 2.05) is 30.4 Å². The van der Waals surface area contributed by atoms with Gasteiger partial charge in [0, 0.05) is 0 Å². The lowest BCUT2D eigenvalue weighted by molar-refractivity contribution is 0.300. The van der Waals surface area contributed by atoms with Crippen molar-refractivity contribution in [3.05, 3.63) is 43.5 Å². The van der Waals surface area contributed by atoms with Crippen molar-refractivity contribution in [1.29, 1.82) is 0 Å². The topological polar surface area (TPSA) is 44.5 Å². The Balaban J connectivity index is 2.48. The number of hydrogen-bond acceptors (Lipinski definition) is 3. The van der Waals surface area contributed by atoms with Crippen LogP contribution in [0.4, 0.5) is 5.69 Å². The normalized spacial score (nSPS) is 9.89. The SMILES string of the molecule is C=CCCCOc1cccc(OCCCC=C)c1N. The Kier molecular flexibility index (Phi) is 7.25. The second-order valence-corrected chi connectivity index (χ2v) is 4.23. The van der Waals surface area contributed by atoms with E-state index in [0.29, 0.717) is 30.4 Å². The zero-order valence-electron chi connectivity index (χ0n) is 11.4. The molecule has 0 aliphatic carbocycles. The van der Waals surface area contributed by atoms with Crippen molar-refractivity contribution in [2.75, 3.05) is 18.9 Å². The minimum atomic E-state index is 0.569. The first-order valence-electron chi connectivity index (χ1n) is 6.65. The van der Waals surface area contributed by atoms with E-state index in [1.165, 1.54) is 0 Å². The van der Waals surface area contributed by atoms with Crippen LogP contribution in [-0.2, 0) is 0 Å². The lowest BCUT2D eigenvalue weighted by Gasteiger charge is -2.13. The lowest BCUT2D eigenvalue weighted by Crippen LogP contribution is -2.04. The maximum absolute atomic E-state index is 6.02. The van der Waals surface area contributed by atoms with Crippen molar-refractivity contribution in [2.24, 2.45) is 0 Å². The van der Waals surface area contributed by atoms with Gasteiger partial charge in [-0.15, -0.1) is 13.2 Å². The highest BCUT2D eigenvalue weighted by molar-refractivity contribution is 5.62. The zero-order valence-corrected chi connectivity index (χ0v) is 11.4. The fourth-order valence-corrected chi connectivity index (χ4v) is 1.60. The molecule has 104 valence electrons. The van der Waals surface area contributed by atoms with Gasteiger partial charge in [-0.3, -0.25) is 0 Å². The molecule has 0 fully saturated rings. The van der Waals surface area contributed by atoms with E-state index in [4.69, 9.17) is 15.2 Å². The number of anilines is 1. The third-order valence-electron chi connectivity index (χ3n) is 2.65. The second kappa shape index (κ2) is 9.09. The van der Waals surface area contributed by atoms with Gasteiger partial charge < -0.3 is 15.2 Å². The monoisotopic (exact) mass is 261 g/mol. The minimum Gasteiger partial charge on any atom is -0.491 e. The smallest absolute Gasteiger partial charge is 0.146 e. The van der Waals surface area contributed by atoms with E-state index < -0.39 is 0 Å². The third kappa shape index (κ3) is 5.51. The highest BCUT2D eigenvalue weighted by Crippen LogP contribution is 2.31. The summed E-state index contributed by atoms with van der Waals surface area (Å²) < 4.78 is 11.3. The average molecular weight is 261 g/mol. The van der Waals surface area contributed by atoms with Crippen LogP contribution >= 0.6 is 0 Å². The lowest BCUT2D eigenvalue weighted by atomic mass is 10.2. The number of unbranched alkanes of at least 4 members (excludes halogenated alkanes) is 2. The summed E-state index contributed by atoms with van der Waals surface area (Å²) in [5, 5.41) is 0. The van der Waals surface area contributed by atoms with Gasteiger partial charge in [0.15, 0.2) is 0 Å². The van der Waals surface area contributed by atoms with E-state index in [-0.39, 0.29) is 0 Å². The van der Waals surface area contributed by atoms with Crippen molar-refractivity contribution in [3.8, 4) is 11.5 Å². The van der Waals surface area contributed by atoms with Crippen LogP contribution in [0.2, 0.25) is 0 Å². The number of benzene rings is 1. The summed E-state index contributed by atoms with van der Waals surface area (Å²) in [5.74, 6) is 1.37. The van der Waals surface area contributed by atoms with Crippen LogP contribution in [0.25, 0.3) is 0 Å². The number of para-hydroxylation sites is 1. The highest BCUT2D eigenvalue weighted by atomic mass is 16.5. The number of hydrogen-bond donors (Lipinski definition) is 1. The van der Waals surface area contributed by atoms with Crippen LogP contribution in [0, 0.1) is 0 Å². The number of nitrogen functional groups attached to an aromatic ring is 1. The molecule has 0 heterocycles. The molecule has 0 saturated carbocycles. The molecule has 2 N–H and O–H groups in total. The Labute approximate surface area is 115 Å². The summed E-state index contributed by atoms with van der Waals surface area (Å²) in [6, 6.07) is 5.61. The van der Waals surface area contributed by atoms with Crippen LogP contribution < -0.4 is 15.2 Å². The molecule has 0 bridgehead atoms. The van der Waals surface area contributed by atoms with E-state index in [0.717, 1.165) is 25.7 Å². The first kappa shape index (κ1) is 15.2. The third-order valence-corrected chi connectivity index (χ3v) is 2.65. The Hall–Kier alpha value is -1.90. The zero-order chi connectivity index (χ0) is 13.9. The predicted octanol–water partition coefficient (Wildman–Crippen LogP) is 3.96. The van der Waals surface area contributed by atoms with Crippen molar-refractivity contribution in [1.82, 2.24) is 0 Å². The molecule has 0 saturated heterocycles. The van der Waals surface area contributed by atoms with E-state index in [1.54, 1.807) is 0 Å². The van der Waals surface area contributed by atoms with E-state index in [9.17, 15) is 0 Å². The Morgan fingerprint density at radius 3 is 1.84 bits per heavy atom. The molecule has 0 aliphatic heterocycles. The standard InChI is InChI=1S/C16H23NO2/c1-3-5-7-12-18-14-10-9-11-15(16(14)17)19-13-8-6-4-2/h3-4,9-11H,1-2,5-8,12-13,17H2. The van der Waals surface area contributed by atoms with Gasteiger partial charge in [-0.2, -0.15) is 0 Å². The van der Waals surface area contributed by atoms with Gasteiger partial charge in [0.1, 0.15) is 17.2 Å². The van der Waals surface area contributed by atoms with Gasteiger partial charge in [0.25, 0.3) is 0 Å². The second-order valence-electron chi connectivity index (χ2n) is 4.23. The van der Waals surface area contributed by atoms with E-state index in [2.05, 4.69) is 13.2 Å². The van der Waals surface area contributed by atoms with Gasteiger partial charge in [-0.1, -0.05) is 18.2 Å². The summed E-state index contributed by atoms with van der Waals surface area (Å²) in [6.07, 6.45) is 7.52. The Bertz CT molecular complexity index is 367. The van der Waals surface area contributed by atoms with Gasteiger partial charge in [0.2, 0.25) is 0 Å². The van der Waals surface area contributed by atoms with Crippen molar-refractivity contribution in [2.45, 2.75) is 25.7 Å². The molecular formula is C16H23NO2. The largest absolute Gasteiger partial charge is 0.491 e. The molecule has 1 rings (SSSR count). The van der Waals surface area contributed by atoms with Gasteiger partial charge in [0.05, 0.1) is 13.2 Å². The maximum Gasteiger partial charge on any atom is 0.146 e. The molecule has 0 aromatic heterocycles. The van der Waals surface area contributed by atoms with Gasteiger partial charge in [-0.05, 0) is 37.8 Å². The molecule has 0 amide bonds. The molecule has 0 spiro atoms. The molecule has 0 atom stereocenters. The van der Waals surface area contributed by atoms with Gasteiger partial charge in [-0.25, -0.2) is 0 Å². The molecular weight excluding hydrogens is 238 g/mol. The molecule has 0 unspecified atom stereocenters. The number of allylic oxidation sites excluding steroid dienone is 2. The molecule has 3 heteroatoms. The number of nitrogens with two attached hydrogens (primary N) is 1. The molecule has 19 heavy (non-hydrogen) atoms. The molecule has 0 radical (unpaired) electrons. The fourth-order valence-electron chi connectivity index (χ4n) is 1.60. The highest BCUT2D eigenvalue weighted by Gasteiger charge is 2.06. The van der Waals surface area contributed by atoms with Crippen molar-refractivity contribution >= 4 is 5.69 Å². The van der Waals surface area contributed by atoms with E-state index >= 15 is 0 Å². The van der Waals surface area contributed by atoms with Crippen molar-refractivity contribution in [3.63, 3.8) is 0 Å². The van der Waals surface area contributed by atoms with Crippen LogP contribution in [0.5, 0.6) is 11.5 Å². The average Bonchev–Trinajstić information content (AvgIpc) is 2.43. The maximum atomic E-state index is 6.02. The summed E-state index contributed by atoms with van der Waals surface area (Å²) in [7, 11) is 0. The first-order chi connectivity index (χ1) is 9.29. The van der Waals surface area contributed by atoms with Crippen LogP contribution in [0.1, 0.15) is 25.7 Å². The number of rotatable bonds is 10. The molecule has 1 aromatic carbocycles. The summed E-state index contributed by atoms with van der Waals surface area (Å²) >= 11 is 0. The molecule has 1 aromatic rings. The molecule has 3 nitrogen and oxygen atoms in total. The first-order valence-corrected chi connectivity index (χ1v) is 6.65. The summed E-state index contributed by atoms with van der Waals surface area (Å²) in [6.45, 7) is 8.63. The summed E-state index contributed by atoms with van der Waals surface area (Å²) in [4.78, 5) is 0. The van der Waals surface area contributed by atoms with Crippen LogP contribution in [-0.4, -0.2) is 13.2 Å². The van der Waals surface area contributed by atoms with Crippen molar-refractivity contribution < 1.29 is 9.47 Å².